The van der Waals surface area contributed by atoms with Gasteiger partial charge in [0.1, 0.15) is 29.3 Å². The normalized spacial score (nSPS) is 15.0. The predicted molar refractivity (Wildman–Crippen MR) is 94.2 cm³/mol. The van der Waals surface area contributed by atoms with E-state index in [2.05, 4.69) is 14.9 Å². The van der Waals surface area contributed by atoms with E-state index >= 15 is 0 Å². The molecule has 1 aromatic heterocycles. The first-order valence-corrected chi connectivity index (χ1v) is 8.52. The maximum Gasteiger partial charge on any atom is 0.341 e. The second-order valence-corrected chi connectivity index (χ2v) is 6.05. The van der Waals surface area contributed by atoms with Gasteiger partial charge in [-0.2, -0.15) is 0 Å². The van der Waals surface area contributed by atoms with Crippen molar-refractivity contribution in [1.82, 2.24) is 14.9 Å². The van der Waals surface area contributed by atoms with Gasteiger partial charge in [-0.25, -0.2) is 19.2 Å². The van der Waals surface area contributed by atoms with Crippen molar-refractivity contribution >= 4 is 11.8 Å². The van der Waals surface area contributed by atoms with Crippen LogP contribution in [0.25, 0.3) is 0 Å². The van der Waals surface area contributed by atoms with Gasteiger partial charge in [0.25, 0.3) is 0 Å². The number of carboxylic acid groups (broad SMARTS) is 1. The number of nitrogens with zero attached hydrogens (tertiary/aromatic N) is 4. The van der Waals surface area contributed by atoms with Crippen molar-refractivity contribution in [2.24, 2.45) is 0 Å². The number of carbonyl (C=O) groups is 1. The van der Waals surface area contributed by atoms with Crippen LogP contribution in [0.3, 0.4) is 0 Å². The SMILES string of the molecule is O=C(O)c1cncnc1N1CCN(CCCOc2ccc(F)cc2)CC1. The molecule has 0 amide bonds. The predicted octanol–water partition coefficient (Wildman–Crippen LogP) is 1.90. The second-order valence-electron chi connectivity index (χ2n) is 6.05. The first kappa shape index (κ1) is 18.1. The van der Waals surface area contributed by atoms with Gasteiger partial charge in [-0.3, -0.25) is 4.90 Å². The van der Waals surface area contributed by atoms with Crippen LogP contribution in [0.2, 0.25) is 0 Å². The van der Waals surface area contributed by atoms with Crippen LogP contribution in [0.15, 0.2) is 36.8 Å². The summed E-state index contributed by atoms with van der Waals surface area (Å²) in [5, 5.41) is 9.25. The minimum Gasteiger partial charge on any atom is -0.494 e. The molecule has 1 fully saturated rings. The molecule has 2 heterocycles. The highest BCUT2D eigenvalue weighted by molar-refractivity contribution is 5.92. The van der Waals surface area contributed by atoms with Gasteiger partial charge in [0.2, 0.25) is 0 Å². The molecule has 1 N–H and O–H groups in total. The summed E-state index contributed by atoms with van der Waals surface area (Å²) in [6.07, 6.45) is 3.58. The van der Waals surface area contributed by atoms with Gasteiger partial charge in [-0.05, 0) is 30.7 Å². The van der Waals surface area contributed by atoms with Gasteiger partial charge in [-0.15, -0.1) is 0 Å². The molecule has 2 aromatic rings. The number of carboxylic acids is 1. The summed E-state index contributed by atoms with van der Waals surface area (Å²) in [5.41, 5.74) is 0.133. The molecule has 0 radical (unpaired) electrons. The van der Waals surface area contributed by atoms with Gasteiger partial charge in [-0.1, -0.05) is 0 Å². The summed E-state index contributed by atoms with van der Waals surface area (Å²) in [6.45, 7) is 4.57. The Labute approximate surface area is 151 Å². The fourth-order valence-corrected chi connectivity index (χ4v) is 2.92. The number of hydrogen-bond donors (Lipinski definition) is 1. The molecule has 1 aliphatic heterocycles. The van der Waals surface area contributed by atoms with E-state index in [1.807, 2.05) is 4.90 Å². The van der Waals surface area contributed by atoms with Crippen molar-refractivity contribution in [3.8, 4) is 5.75 Å². The fourth-order valence-electron chi connectivity index (χ4n) is 2.92. The van der Waals surface area contributed by atoms with Gasteiger partial charge in [0.15, 0.2) is 0 Å². The average molecular weight is 360 g/mol. The quantitative estimate of drug-likeness (QED) is 0.756. The molecule has 26 heavy (non-hydrogen) atoms. The largest absolute Gasteiger partial charge is 0.494 e. The van der Waals surface area contributed by atoms with E-state index in [-0.39, 0.29) is 11.4 Å². The lowest BCUT2D eigenvalue weighted by atomic mass is 10.2. The third-order valence-corrected chi connectivity index (χ3v) is 4.29. The highest BCUT2D eigenvalue weighted by Gasteiger charge is 2.22. The summed E-state index contributed by atoms with van der Waals surface area (Å²) in [4.78, 5) is 23.5. The summed E-state index contributed by atoms with van der Waals surface area (Å²) >= 11 is 0. The topological polar surface area (TPSA) is 78.8 Å². The van der Waals surface area contributed by atoms with Gasteiger partial charge >= 0.3 is 5.97 Å². The molecule has 1 saturated heterocycles. The number of piperazine rings is 1. The molecule has 0 unspecified atom stereocenters. The van der Waals surface area contributed by atoms with Crippen molar-refractivity contribution in [1.29, 1.82) is 0 Å². The zero-order valence-corrected chi connectivity index (χ0v) is 14.3. The molecule has 0 bridgehead atoms. The number of aromatic nitrogens is 2. The highest BCUT2D eigenvalue weighted by atomic mass is 19.1. The smallest absolute Gasteiger partial charge is 0.341 e. The molecule has 0 spiro atoms. The van der Waals surface area contributed by atoms with Crippen LogP contribution < -0.4 is 9.64 Å². The summed E-state index contributed by atoms with van der Waals surface area (Å²) in [5.74, 6) is -0.140. The van der Waals surface area contributed by atoms with E-state index in [1.54, 1.807) is 12.1 Å². The third-order valence-electron chi connectivity index (χ3n) is 4.29. The van der Waals surface area contributed by atoms with E-state index in [0.717, 1.165) is 39.1 Å². The number of aromatic carboxylic acids is 1. The Hall–Kier alpha value is -2.74. The maximum absolute atomic E-state index is 12.8. The number of ether oxygens (including phenoxy) is 1. The van der Waals surface area contributed by atoms with E-state index in [9.17, 15) is 14.3 Å². The third kappa shape index (κ3) is 4.66. The Morgan fingerprint density at radius 2 is 1.92 bits per heavy atom. The van der Waals surface area contributed by atoms with Crippen molar-refractivity contribution < 1.29 is 19.0 Å². The van der Waals surface area contributed by atoms with Crippen LogP contribution in [0.5, 0.6) is 5.75 Å². The van der Waals surface area contributed by atoms with Crippen LogP contribution >= 0.6 is 0 Å². The second kappa shape index (κ2) is 8.57. The molecule has 1 aromatic carbocycles. The van der Waals surface area contributed by atoms with E-state index in [4.69, 9.17) is 4.74 Å². The summed E-state index contributed by atoms with van der Waals surface area (Å²) in [7, 11) is 0. The fraction of sp³-hybridized carbons (Fsp3) is 0.389. The maximum atomic E-state index is 12.8. The molecule has 0 saturated carbocycles. The van der Waals surface area contributed by atoms with Crippen LogP contribution in [0.1, 0.15) is 16.8 Å². The van der Waals surface area contributed by atoms with Crippen molar-refractivity contribution in [2.45, 2.75) is 6.42 Å². The molecule has 8 heteroatoms. The van der Waals surface area contributed by atoms with Crippen LogP contribution in [0.4, 0.5) is 10.2 Å². The van der Waals surface area contributed by atoms with Crippen molar-refractivity contribution in [3.05, 3.63) is 48.2 Å². The average Bonchev–Trinajstić information content (AvgIpc) is 2.67. The molecule has 7 nitrogen and oxygen atoms in total. The van der Waals surface area contributed by atoms with Crippen LogP contribution in [-0.2, 0) is 0 Å². The van der Waals surface area contributed by atoms with Gasteiger partial charge in [0.05, 0.1) is 6.61 Å². The first-order valence-electron chi connectivity index (χ1n) is 8.52. The Balaban J connectivity index is 1.41. The first-order chi connectivity index (χ1) is 12.6. The van der Waals surface area contributed by atoms with Crippen LogP contribution in [-0.4, -0.2) is 65.3 Å². The lowest BCUT2D eigenvalue weighted by molar-refractivity contribution is 0.0696. The Kier molecular flexibility index (Phi) is 5.96. The molecular weight excluding hydrogens is 339 g/mol. The van der Waals surface area contributed by atoms with Crippen LogP contribution in [0, 0.1) is 5.82 Å². The number of halogens is 1. The number of benzene rings is 1. The van der Waals surface area contributed by atoms with Gasteiger partial charge < -0.3 is 14.7 Å². The molecule has 138 valence electrons. The lowest BCUT2D eigenvalue weighted by Gasteiger charge is -2.35. The minimum atomic E-state index is -1.01. The van der Waals surface area contributed by atoms with Gasteiger partial charge in [0, 0.05) is 38.9 Å². The Bertz CT molecular complexity index is 733. The monoisotopic (exact) mass is 360 g/mol. The highest BCUT2D eigenvalue weighted by Crippen LogP contribution is 2.18. The number of anilines is 1. The standard InChI is InChI=1S/C18H21FN4O3/c19-14-2-4-15(5-3-14)26-11-1-6-22-7-9-23(10-8-22)17-16(18(24)25)12-20-13-21-17/h2-5,12-13H,1,6-11H2,(H,24,25). The summed E-state index contributed by atoms with van der Waals surface area (Å²) in [6, 6.07) is 6.01. The van der Waals surface area contributed by atoms with E-state index in [1.165, 1.54) is 24.7 Å². The molecule has 0 aliphatic carbocycles. The van der Waals surface area contributed by atoms with E-state index < -0.39 is 5.97 Å². The lowest BCUT2D eigenvalue weighted by Crippen LogP contribution is -2.47. The zero-order chi connectivity index (χ0) is 18.4. The molecular formula is C18H21FN4O3. The van der Waals surface area contributed by atoms with Crippen molar-refractivity contribution in [2.75, 3.05) is 44.2 Å². The minimum absolute atomic E-state index is 0.133. The van der Waals surface area contributed by atoms with E-state index in [0.29, 0.717) is 18.2 Å². The molecule has 3 rings (SSSR count). The number of rotatable bonds is 7. The summed E-state index contributed by atoms with van der Waals surface area (Å²) < 4.78 is 18.4. The zero-order valence-electron chi connectivity index (χ0n) is 14.3. The Morgan fingerprint density at radius 1 is 1.19 bits per heavy atom. The number of hydrogen-bond acceptors (Lipinski definition) is 6. The van der Waals surface area contributed by atoms with Crippen molar-refractivity contribution in [3.63, 3.8) is 0 Å². The Morgan fingerprint density at radius 3 is 2.62 bits per heavy atom. The molecule has 1 aliphatic rings. The molecule has 0 atom stereocenters.